The Morgan fingerprint density at radius 2 is 1.91 bits per heavy atom. The molecule has 0 aromatic heterocycles. The third kappa shape index (κ3) is 8.11. The van der Waals surface area contributed by atoms with Crippen molar-refractivity contribution in [3.63, 3.8) is 0 Å². The van der Waals surface area contributed by atoms with Crippen LogP contribution in [-0.2, 0) is 0 Å². The summed E-state index contributed by atoms with van der Waals surface area (Å²) in [5.74, 6) is 0. The highest BCUT2D eigenvalue weighted by Gasteiger charge is 2.03. The standard InChI is InChI=1S/C8H19NO.ClH/c1-4-5-6-7-8(2)9(3)10;/h8,10H,4-7H2,1-3H3;1H. The minimum atomic E-state index is 0. The first-order valence-corrected chi connectivity index (χ1v) is 4.10. The van der Waals surface area contributed by atoms with E-state index in [-0.39, 0.29) is 12.4 Å². The molecule has 1 unspecified atom stereocenters. The molecule has 0 bridgehead atoms. The van der Waals surface area contributed by atoms with Gasteiger partial charge in [-0.1, -0.05) is 26.2 Å². The van der Waals surface area contributed by atoms with Gasteiger partial charge >= 0.3 is 0 Å². The predicted molar refractivity (Wildman–Crippen MR) is 50.4 cm³/mol. The highest BCUT2D eigenvalue weighted by molar-refractivity contribution is 5.85. The molecule has 2 nitrogen and oxygen atoms in total. The van der Waals surface area contributed by atoms with Crippen LogP contribution < -0.4 is 0 Å². The van der Waals surface area contributed by atoms with Crippen LogP contribution in [0.3, 0.4) is 0 Å². The maximum Gasteiger partial charge on any atom is 0.0318 e. The number of hydroxylamine groups is 2. The van der Waals surface area contributed by atoms with Crippen LogP contribution in [0, 0.1) is 0 Å². The van der Waals surface area contributed by atoms with E-state index >= 15 is 0 Å². The molecule has 0 heterocycles. The van der Waals surface area contributed by atoms with Crippen molar-refractivity contribution >= 4 is 12.4 Å². The van der Waals surface area contributed by atoms with Gasteiger partial charge in [-0.3, -0.25) is 0 Å². The maximum atomic E-state index is 8.95. The van der Waals surface area contributed by atoms with Crippen molar-refractivity contribution in [2.24, 2.45) is 0 Å². The third-order valence-electron chi connectivity index (χ3n) is 1.86. The highest BCUT2D eigenvalue weighted by atomic mass is 35.5. The molecule has 0 fully saturated rings. The normalized spacial score (nSPS) is 12.8. The fourth-order valence-electron chi connectivity index (χ4n) is 0.877. The highest BCUT2D eigenvalue weighted by Crippen LogP contribution is 2.05. The van der Waals surface area contributed by atoms with Gasteiger partial charge in [0.25, 0.3) is 0 Å². The fraction of sp³-hybridized carbons (Fsp3) is 1.00. The molecule has 0 aromatic rings. The summed E-state index contributed by atoms with van der Waals surface area (Å²) in [6.45, 7) is 4.23. The second kappa shape index (κ2) is 8.31. The van der Waals surface area contributed by atoms with Gasteiger partial charge in [-0.2, -0.15) is 5.06 Å². The first-order valence-electron chi connectivity index (χ1n) is 4.10. The van der Waals surface area contributed by atoms with Gasteiger partial charge < -0.3 is 5.21 Å². The molecule has 0 aliphatic rings. The number of nitrogens with zero attached hydrogens (tertiary/aromatic N) is 1. The number of unbranched alkanes of at least 4 members (excludes halogenated alkanes) is 2. The molecule has 0 saturated carbocycles. The summed E-state index contributed by atoms with van der Waals surface area (Å²) in [5.41, 5.74) is 0. The molecule has 1 N–H and O–H groups in total. The number of halogens is 1. The molecule has 0 amide bonds. The van der Waals surface area contributed by atoms with Crippen molar-refractivity contribution < 1.29 is 5.21 Å². The van der Waals surface area contributed by atoms with E-state index in [1.165, 1.54) is 24.3 Å². The van der Waals surface area contributed by atoms with E-state index in [9.17, 15) is 0 Å². The molecule has 0 radical (unpaired) electrons. The largest absolute Gasteiger partial charge is 0.314 e. The number of hydrogen-bond acceptors (Lipinski definition) is 2. The summed E-state index contributed by atoms with van der Waals surface area (Å²) in [6.07, 6.45) is 4.85. The second-order valence-electron chi connectivity index (χ2n) is 2.92. The quantitative estimate of drug-likeness (QED) is 0.521. The molecule has 70 valence electrons. The van der Waals surface area contributed by atoms with Crippen molar-refractivity contribution in [3.05, 3.63) is 0 Å². The molecule has 1 atom stereocenters. The monoisotopic (exact) mass is 181 g/mol. The van der Waals surface area contributed by atoms with Crippen molar-refractivity contribution in [1.29, 1.82) is 0 Å². The maximum absolute atomic E-state index is 8.95. The van der Waals surface area contributed by atoms with Crippen molar-refractivity contribution in [1.82, 2.24) is 5.06 Å². The van der Waals surface area contributed by atoms with Gasteiger partial charge in [0.1, 0.15) is 0 Å². The van der Waals surface area contributed by atoms with Gasteiger partial charge in [0, 0.05) is 13.1 Å². The molecule has 0 aromatic carbocycles. The number of rotatable bonds is 5. The van der Waals surface area contributed by atoms with Crippen LogP contribution in [0.25, 0.3) is 0 Å². The van der Waals surface area contributed by atoms with Crippen LogP contribution in [0.2, 0.25) is 0 Å². The zero-order chi connectivity index (χ0) is 7.98. The van der Waals surface area contributed by atoms with E-state index in [0.29, 0.717) is 6.04 Å². The van der Waals surface area contributed by atoms with Crippen LogP contribution in [0.5, 0.6) is 0 Å². The zero-order valence-electron chi connectivity index (χ0n) is 7.71. The average Bonchev–Trinajstić information content (AvgIpc) is 1.88. The van der Waals surface area contributed by atoms with E-state index < -0.39 is 0 Å². The zero-order valence-corrected chi connectivity index (χ0v) is 8.52. The Morgan fingerprint density at radius 1 is 1.36 bits per heavy atom. The van der Waals surface area contributed by atoms with Crippen molar-refractivity contribution in [2.75, 3.05) is 7.05 Å². The summed E-state index contributed by atoms with van der Waals surface area (Å²) in [4.78, 5) is 0. The summed E-state index contributed by atoms with van der Waals surface area (Å²) < 4.78 is 0. The first kappa shape index (κ1) is 13.8. The third-order valence-corrected chi connectivity index (χ3v) is 1.86. The topological polar surface area (TPSA) is 23.5 Å². The minimum absolute atomic E-state index is 0. The molecule has 0 rings (SSSR count). The van der Waals surface area contributed by atoms with E-state index in [1.807, 2.05) is 6.92 Å². The van der Waals surface area contributed by atoms with Crippen LogP contribution in [0.15, 0.2) is 0 Å². The Bertz CT molecular complexity index is 78.5. The molecule has 0 saturated heterocycles. The molecule has 0 aliphatic heterocycles. The lowest BCUT2D eigenvalue weighted by molar-refractivity contribution is -0.0990. The van der Waals surface area contributed by atoms with Gasteiger partial charge in [-0.25, -0.2) is 0 Å². The summed E-state index contributed by atoms with van der Waals surface area (Å²) >= 11 is 0. The van der Waals surface area contributed by atoms with E-state index in [4.69, 9.17) is 5.21 Å². The van der Waals surface area contributed by atoms with Crippen LogP contribution >= 0.6 is 12.4 Å². The lowest BCUT2D eigenvalue weighted by atomic mass is 10.1. The second-order valence-corrected chi connectivity index (χ2v) is 2.92. The van der Waals surface area contributed by atoms with Gasteiger partial charge in [0.05, 0.1) is 0 Å². The molecule has 0 aliphatic carbocycles. The summed E-state index contributed by atoms with van der Waals surface area (Å²) in [6, 6.07) is 0.312. The summed E-state index contributed by atoms with van der Waals surface area (Å²) in [7, 11) is 1.70. The Kier molecular flexibility index (Phi) is 10.4. The lowest BCUT2D eigenvalue weighted by Gasteiger charge is -2.16. The Morgan fingerprint density at radius 3 is 2.27 bits per heavy atom. The van der Waals surface area contributed by atoms with E-state index in [0.717, 1.165) is 6.42 Å². The van der Waals surface area contributed by atoms with Gasteiger partial charge in [-0.15, -0.1) is 12.4 Å². The minimum Gasteiger partial charge on any atom is -0.314 e. The fourth-order valence-corrected chi connectivity index (χ4v) is 0.877. The van der Waals surface area contributed by atoms with E-state index in [2.05, 4.69) is 6.92 Å². The summed E-state index contributed by atoms with van der Waals surface area (Å²) in [5, 5.41) is 10.2. The Balaban J connectivity index is 0. The molecular weight excluding hydrogens is 162 g/mol. The van der Waals surface area contributed by atoms with Gasteiger partial charge in [-0.05, 0) is 13.3 Å². The van der Waals surface area contributed by atoms with Crippen LogP contribution in [0.4, 0.5) is 0 Å². The van der Waals surface area contributed by atoms with Crippen molar-refractivity contribution in [2.45, 2.75) is 45.6 Å². The predicted octanol–water partition coefficient (Wildman–Crippen LogP) is 2.70. The lowest BCUT2D eigenvalue weighted by Crippen LogP contribution is -2.24. The SMILES string of the molecule is CCCCCC(C)N(C)O.Cl. The molecule has 0 spiro atoms. The van der Waals surface area contributed by atoms with Crippen LogP contribution in [-0.4, -0.2) is 23.4 Å². The van der Waals surface area contributed by atoms with E-state index in [1.54, 1.807) is 7.05 Å². The van der Waals surface area contributed by atoms with Crippen molar-refractivity contribution in [3.8, 4) is 0 Å². The van der Waals surface area contributed by atoms with Crippen LogP contribution in [0.1, 0.15) is 39.5 Å². The van der Waals surface area contributed by atoms with Gasteiger partial charge in [0.15, 0.2) is 0 Å². The molecular formula is C8H20ClNO. The number of hydrogen-bond donors (Lipinski definition) is 1. The molecule has 11 heavy (non-hydrogen) atoms. The first-order chi connectivity index (χ1) is 4.68. The van der Waals surface area contributed by atoms with Gasteiger partial charge in [0.2, 0.25) is 0 Å². The smallest absolute Gasteiger partial charge is 0.0318 e. The Labute approximate surface area is 76.0 Å². The average molecular weight is 182 g/mol. The Hall–Kier alpha value is 0.210. The molecule has 3 heteroatoms.